The van der Waals surface area contributed by atoms with Crippen LogP contribution in [-0.4, -0.2) is 42.8 Å². The van der Waals surface area contributed by atoms with Crippen molar-refractivity contribution in [2.24, 2.45) is 0 Å². The summed E-state index contributed by atoms with van der Waals surface area (Å²) < 4.78 is 0. The predicted molar refractivity (Wildman–Crippen MR) is 119 cm³/mol. The molecule has 0 unspecified atom stereocenters. The molecule has 0 spiro atoms. The number of carbonyl (C=O) groups is 2. The topological polar surface area (TPSA) is 40.6 Å². The van der Waals surface area contributed by atoms with E-state index in [2.05, 4.69) is 36.9 Å². The van der Waals surface area contributed by atoms with Gasteiger partial charge in [0.2, 0.25) is 0 Å². The molecule has 1 aliphatic carbocycles. The highest BCUT2D eigenvalue weighted by molar-refractivity contribution is 6.22. The van der Waals surface area contributed by atoms with Crippen LogP contribution in [-0.2, 0) is 0 Å². The van der Waals surface area contributed by atoms with E-state index < -0.39 is 0 Å². The lowest BCUT2D eigenvalue weighted by Crippen LogP contribution is -2.49. The highest BCUT2D eigenvalue weighted by Crippen LogP contribution is 2.37. The summed E-state index contributed by atoms with van der Waals surface area (Å²) in [7, 11) is 0. The number of benzene rings is 3. The lowest BCUT2D eigenvalue weighted by atomic mass is 10.0. The van der Waals surface area contributed by atoms with Gasteiger partial charge >= 0.3 is 0 Å². The summed E-state index contributed by atoms with van der Waals surface area (Å²) in [6, 6.07) is 19.6. The summed E-state index contributed by atoms with van der Waals surface area (Å²) in [4.78, 5) is 30.2. The van der Waals surface area contributed by atoms with Gasteiger partial charge in [-0.05, 0) is 54.3 Å². The fourth-order valence-corrected chi connectivity index (χ4v) is 4.57. The standard InChI is InChI=1S/C26H24N2O2/c1-17-6-5-9-24(18(17)2)27-12-14-28(15-13-27)26(30)19-10-11-21-20-7-3-4-8-22(20)25(29)23(21)16-19/h3-11,16H,12-15H2,1-2H3. The largest absolute Gasteiger partial charge is 0.368 e. The van der Waals surface area contributed by atoms with Crippen LogP contribution in [0, 0.1) is 13.8 Å². The van der Waals surface area contributed by atoms with Gasteiger partial charge in [-0.3, -0.25) is 9.59 Å². The monoisotopic (exact) mass is 396 g/mol. The molecule has 150 valence electrons. The minimum atomic E-state index is 0.00201. The van der Waals surface area contributed by atoms with E-state index in [1.165, 1.54) is 16.8 Å². The van der Waals surface area contributed by atoms with Crippen molar-refractivity contribution in [3.05, 3.63) is 88.5 Å². The minimum Gasteiger partial charge on any atom is -0.368 e. The Kier molecular flexibility index (Phi) is 4.43. The zero-order valence-electron chi connectivity index (χ0n) is 17.3. The number of fused-ring (bicyclic) bond motifs is 3. The lowest BCUT2D eigenvalue weighted by molar-refractivity contribution is 0.0747. The average molecular weight is 396 g/mol. The Balaban J connectivity index is 1.34. The van der Waals surface area contributed by atoms with Gasteiger partial charge in [0.15, 0.2) is 5.78 Å². The Hall–Kier alpha value is -3.40. The number of anilines is 1. The van der Waals surface area contributed by atoms with Crippen LogP contribution in [0.3, 0.4) is 0 Å². The molecule has 5 rings (SSSR count). The molecular weight excluding hydrogens is 372 g/mol. The molecule has 0 aromatic heterocycles. The highest BCUT2D eigenvalue weighted by atomic mass is 16.2. The molecule has 0 radical (unpaired) electrons. The molecule has 0 atom stereocenters. The van der Waals surface area contributed by atoms with Gasteiger partial charge in [0.05, 0.1) is 0 Å². The average Bonchev–Trinajstić information content (AvgIpc) is 3.07. The van der Waals surface area contributed by atoms with Crippen molar-refractivity contribution in [3.8, 4) is 11.1 Å². The first kappa shape index (κ1) is 18.6. The van der Waals surface area contributed by atoms with Crippen molar-refractivity contribution in [2.75, 3.05) is 31.1 Å². The van der Waals surface area contributed by atoms with E-state index in [4.69, 9.17) is 0 Å². The molecule has 1 aliphatic heterocycles. The molecule has 0 bridgehead atoms. The van der Waals surface area contributed by atoms with Gasteiger partial charge in [-0.1, -0.05) is 42.5 Å². The maximum Gasteiger partial charge on any atom is 0.253 e. The van der Waals surface area contributed by atoms with Crippen molar-refractivity contribution in [2.45, 2.75) is 13.8 Å². The number of rotatable bonds is 2. The molecular formula is C26H24N2O2. The van der Waals surface area contributed by atoms with E-state index in [0.29, 0.717) is 24.2 Å². The molecule has 1 heterocycles. The quantitative estimate of drug-likeness (QED) is 0.502. The zero-order valence-corrected chi connectivity index (χ0v) is 17.3. The first-order valence-electron chi connectivity index (χ1n) is 10.4. The smallest absolute Gasteiger partial charge is 0.253 e. The third-order valence-corrected chi connectivity index (χ3v) is 6.46. The molecule has 1 amide bonds. The van der Waals surface area contributed by atoms with Crippen LogP contribution in [0.25, 0.3) is 11.1 Å². The number of carbonyl (C=O) groups excluding carboxylic acids is 2. The highest BCUT2D eigenvalue weighted by Gasteiger charge is 2.29. The Morgan fingerprint density at radius 2 is 1.47 bits per heavy atom. The van der Waals surface area contributed by atoms with E-state index in [0.717, 1.165) is 29.8 Å². The van der Waals surface area contributed by atoms with E-state index in [9.17, 15) is 9.59 Å². The maximum absolute atomic E-state index is 13.1. The second-order valence-corrected chi connectivity index (χ2v) is 8.13. The Morgan fingerprint density at radius 3 is 2.23 bits per heavy atom. The SMILES string of the molecule is Cc1cccc(N2CCN(C(=O)c3ccc4c(c3)C(=O)c3ccccc3-4)CC2)c1C. The zero-order chi connectivity index (χ0) is 20.8. The fraction of sp³-hybridized carbons (Fsp3) is 0.231. The molecule has 1 fully saturated rings. The van der Waals surface area contributed by atoms with Crippen LogP contribution in [0.15, 0.2) is 60.7 Å². The molecule has 3 aromatic rings. The lowest BCUT2D eigenvalue weighted by Gasteiger charge is -2.37. The third-order valence-electron chi connectivity index (χ3n) is 6.46. The summed E-state index contributed by atoms with van der Waals surface area (Å²) in [5.74, 6) is 0.0113. The number of nitrogens with zero attached hydrogens (tertiary/aromatic N) is 2. The predicted octanol–water partition coefficient (Wildman–Crippen LogP) is 4.48. The summed E-state index contributed by atoms with van der Waals surface area (Å²) in [5, 5.41) is 0. The molecule has 30 heavy (non-hydrogen) atoms. The van der Waals surface area contributed by atoms with Gasteiger partial charge in [-0.15, -0.1) is 0 Å². The Bertz CT molecular complexity index is 1170. The van der Waals surface area contributed by atoms with Crippen molar-refractivity contribution >= 4 is 17.4 Å². The van der Waals surface area contributed by atoms with Gasteiger partial charge in [0.25, 0.3) is 5.91 Å². The molecule has 0 N–H and O–H groups in total. The van der Waals surface area contributed by atoms with Crippen molar-refractivity contribution in [1.29, 1.82) is 0 Å². The normalized spacial score (nSPS) is 15.2. The van der Waals surface area contributed by atoms with Gasteiger partial charge in [0.1, 0.15) is 0 Å². The van der Waals surface area contributed by atoms with Crippen LogP contribution in [0.4, 0.5) is 5.69 Å². The Labute approximate surface area is 176 Å². The summed E-state index contributed by atoms with van der Waals surface area (Å²) in [6.07, 6.45) is 0. The molecule has 0 saturated carbocycles. The van der Waals surface area contributed by atoms with Gasteiger partial charge < -0.3 is 9.80 Å². The van der Waals surface area contributed by atoms with E-state index in [1.54, 1.807) is 6.07 Å². The maximum atomic E-state index is 13.1. The second-order valence-electron chi connectivity index (χ2n) is 8.13. The molecule has 1 saturated heterocycles. The number of aryl methyl sites for hydroxylation is 1. The number of piperazine rings is 1. The van der Waals surface area contributed by atoms with Gasteiger partial charge in [0, 0.05) is 48.6 Å². The van der Waals surface area contributed by atoms with Crippen LogP contribution < -0.4 is 4.90 Å². The summed E-state index contributed by atoms with van der Waals surface area (Å²) in [6.45, 7) is 7.26. The summed E-state index contributed by atoms with van der Waals surface area (Å²) in [5.41, 5.74) is 7.67. The van der Waals surface area contributed by atoms with Crippen LogP contribution in [0.2, 0.25) is 0 Å². The number of ketones is 1. The van der Waals surface area contributed by atoms with Crippen LogP contribution in [0.1, 0.15) is 37.4 Å². The molecule has 4 heteroatoms. The summed E-state index contributed by atoms with van der Waals surface area (Å²) >= 11 is 0. The van der Waals surface area contributed by atoms with Gasteiger partial charge in [-0.2, -0.15) is 0 Å². The first-order chi connectivity index (χ1) is 14.5. The van der Waals surface area contributed by atoms with E-state index in [-0.39, 0.29) is 11.7 Å². The number of hydrogen-bond acceptors (Lipinski definition) is 3. The number of amides is 1. The Morgan fingerprint density at radius 1 is 0.767 bits per heavy atom. The van der Waals surface area contributed by atoms with E-state index in [1.807, 2.05) is 41.3 Å². The van der Waals surface area contributed by atoms with Gasteiger partial charge in [-0.25, -0.2) is 0 Å². The van der Waals surface area contributed by atoms with Crippen LogP contribution in [0.5, 0.6) is 0 Å². The third kappa shape index (κ3) is 2.91. The van der Waals surface area contributed by atoms with Crippen molar-refractivity contribution in [1.82, 2.24) is 4.90 Å². The molecule has 4 nitrogen and oxygen atoms in total. The van der Waals surface area contributed by atoms with Crippen LogP contribution >= 0.6 is 0 Å². The van der Waals surface area contributed by atoms with E-state index >= 15 is 0 Å². The minimum absolute atomic E-state index is 0.00201. The van der Waals surface area contributed by atoms with Crippen molar-refractivity contribution in [3.63, 3.8) is 0 Å². The molecule has 3 aromatic carbocycles. The number of hydrogen-bond donors (Lipinski definition) is 0. The first-order valence-corrected chi connectivity index (χ1v) is 10.4. The molecule has 2 aliphatic rings. The second kappa shape index (κ2) is 7.13. The van der Waals surface area contributed by atoms with Crippen molar-refractivity contribution < 1.29 is 9.59 Å². The fourth-order valence-electron chi connectivity index (χ4n) is 4.57.